The highest BCUT2D eigenvalue weighted by molar-refractivity contribution is 7.91. The van der Waals surface area contributed by atoms with Crippen LogP contribution in [-0.4, -0.2) is 24.2 Å². The SMILES string of the molecule is Cc1nn(C(C)(C)C)c(OC(=O)c2ccc(F)cc2)c1S(=O)(=O)c1ccccc1. The van der Waals surface area contributed by atoms with E-state index in [4.69, 9.17) is 4.74 Å². The van der Waals surface area contributed by atoms with Gasteiger partial charge < -0.3 is 4.74 Å². The molecule has 0 fully saturated rings. The second kappa shape index (κ2) is 7.44. The average molecular weight is 416 g/mol. The third-order valence-electron chi connectivity index (χ3n) is 4.19. The van der Waals surface area contributed by atoms with Gasteiger partial charge in [0.15, 0.2) is 4.90 Å². The van der Waals surface area contributed by atoms with E-state index in [1.165, 1.54) is 28.9 Å². The van der Waals surface area contributed by atoms with Gasteiger partial charge in [-0.2, -0.15) is 5.10 Å². The van der Waals surface area contributed by atoms with Crippen molar-refractivity contribution < 1.29 is 22.3 Å². The van der Waals surface area contributed by atoms with E-state index >= 15 is 0 Å². The molecule has 0 aliphatic rings. The van der Waals surface area contributed by atoms with Crippen molar-refractivity contribution in [3.05, 3.63) is 71.7 Å². The highest BCUT2D eigenvalue weighted by Crippen LogP contribution is 2.36. The standard InChI is InChI=1S/C21H21FN2O4S/c1-14-18(29(26,27)17-8-6-5-7-9-17)19(24(23-14)21(2,3)4)28-20(25)15-10-12-16(22)13-11-15/h5-13H,1-4H3. The summed E-state index contributed by atoms with van der Waals surface area (Å²) < 4.78 is 46.6. The molecule has 0 aliphatic heterocycles. The lowest BCUT2D eigenvalue weighted by atomic mass is 10.1. The van der Waals surface area contributed by atoms with Crippen LogP contribution in [0.25, 0.3) is 0 Å². The number of carbonyl (C=O) groups excluding carboxylic acids is 1. The van der Waals surface area contributed by atoms with Gasteiger partial charge in [0.05, 0.1) is 21.7 Å². The number of nitrogens with zero attached hydrogens (tertiary/aromatic N) is 2. The number of aryl methyl sites for hydroxylation is 1. The highest BCUT2D eigenvalue weighted by Gasteiger charge is 2.34. The van der Waals surface area contributed by atoms with Gasteiger partial charge in [0.2, 0.25) is 15.7 Å². The zero-order valence-electron chi connectivity index (χ0n) is 16.5. The number of sulfone groups is 1. The Balaban J connectivity index is 2.16. The molecule has 1 heterocycles. The van der Waals surface area contributed by atoms with Gasteiger partial charge in [-0.3, -0.25) is 0 Å². The lowest BCUT2D eigenvalue weighted by Gasteiger charge is -2.22. The summed E-state index contributed by atoms with van der Waals surface area (Å²) in [6, 6.07) is 12.7. The molecule has 0 N–H and O–H groups in total. The van der Waals surface area contributed by atoms with Gasteiger partial charge >= 0.3 is 5.97 Å². The van der Waals surface area contributed by atoms with Crippen molar-refractivity contribution in [1.82, 2.24) is 9.78 Å². The van der Waals surface area contributed by atoms with Crippen LogP contribution in [-0.2, 0) is 15.4 Å². The molecule has 1 aromatic heterocycles. The fourth-order valence-electron chi connectivity index (χ4n) is 2.80. The molecule has 152 valence electrons. The lowest BCUT2D eigenvalue weighted by Crippen LogP contribution is -2.26. The molecular formula is C21H21FN2O4S. The summed E-state index contributed by atoms with van der Waals surface area (Å²) in [5.41, 5.74) is -0.354. The smallest absolute Gasteiger partial charge is 0.344 e. The number of rotatable bonds is 4. The molecule has 0 spiro atoms. The highest BCUT2D eigenvalue weighted by atomic mass is 32.2. The Hall–Kier alpha value is -3.00. The molecule has 2 aromatic carbocycles. The van der Waals surface area contributed by atoms with E-state index in [1.807, 2.05) is 20.8 Å². The Morgan fingerprint density at radius 3 is 2.17 bits per heavy atom. The summed E-state index contributed by atoms with van der Waals surface area (Å²) in [5, 5.41) is 4.33. The number of benzene rings is 2. The first-order valence-corrected chi connectivity index (χ1v) is 10.4. The molecule has 0 amide bonds. The maximum Gasteiger partial charge on any atom is 0.344 e. The third kappa shape index (κ3) is 4.07. The number of hydrogen-bond acceptors (Lipinski definition) is 5. The Bertz CT molecular complexity index is 1150. The summed E-state index contributed by atoms with van der Waals surface area (Å²) >= 11 is 0. The van der Waals surface area contributed by atoms with Gasteiger partial charge in [0.1, 0.15) is 5.82 Å². The minimum absolute atomic E-state index is 0.0654. The maximum absolute atomic E-state index is 13.3. The zero-order valence-corrected chi connectivity index (χ0v) is 17.3. The van der Waals surface area contributed by atoms with Gasteiger partial charge in [-0.25, -0.2) is 22.3 Å². The molecule has 6 nitrogen and oxygen atoms in total. The Morgan fingerprint density at radius 1 is 1.03 bits per heavy atom. The van der Waals surface area contributed by atoms with Crippen LogP contribution >= 0.6 is 0 Å². The van der Waals surface area contributed by atoms with Crippen LogP contribution in [0.4, 0.5) is 4.39 Å². The van der Waals surface area contributed by atoms with Gasteiger partial charge in [-0.05, 0) is 64.1 Å². The number of aromatic nitrogens is 2. The number of carbonyl (C=O) groups is 1. The van der Waals surface area contributed by atoms with Crippen molar-refractivity contribution in [2.45, 2.75) is 43.0 Å². The van der Waals surface area contributed by atoms with Crippen LogP contribution in [0.1, 0.15) is 36.8 Å². The van der Waals surface area contributed by atoms with E-state index in [0.717, 1.165) is 12.1 Å². The lowest BCUT2D eigenvalue weighted by molar-refractivity contribution is 0.0703. The van der Waals surface area contributed by atoms with Crippen LogP contribution in [0.3, 0.4) is 0 Å². The van der Waals surface area contributed by atoms with Crippen LogP contribution < -0.4 is 4.74 Å². The molecule has 0 saturated heterocycles. The topological polar surface area (TPSA) is 78.3 Å². The van der Waals surface area contributed by atoms with E-state index in [9.17, 15) is 17.6 Å². The first kappa shape index (κ1) is 20.7. The summed E-state index contributed by atoms with van der Waals surface area (Å²) in [7, 11) is -3.99. The van der Waals surface area contributed by atoms with Crippen LogP contribution in [0.15, 0.2) is 64.4 Å². The van der Waals surface area contributed by atoms with Crippen molar-refractivity contribution in [3.8, 4) is 5.88 Å². The molecule has 0 unspecified atom stereocenters. The third-order valence-corrected chi connectivity index (χ3v) is 6.09. The van der Waals surface area contributed by atoms with Crippen molar-refractivity contribution in [2.24, 2.45) is 0 Å². The summed E-state index contributed by atoms with van der Waals surface area (Å²) in [6.45, 7) is 6.99. The molecule has 0 atom stereocenters. The summed E-state index contributed by atoms with van der Waals surface area (Å²) in [6.07, 6.45) is 0. The second-order valence-corrected chi connectivity index (χ2v) is 9.40. The van der Waals surface area contributed by atoms with Gasteiger partial charge in [0, 0.05) is 0 Å². The Labute approximate surface area is 168 Å². The molecular weight excluding hydrogens is 395 g/mol. The first-order chi connectivity index (χ1) is 13.5. The molecule has 0 bridgehead atoms. The van der Waals surface area contributed by atoms with E-state index < -0.39 is 27.2 Å². The molecule has 0 aliphatic carbocycles. The Kier molecular flexibility index (Phi) is 5.32. The van der Waals surface area contributed by atoms with Gasteiger partial charge in [-0.15, -0.1) is 0 Å². The zero-order chi connectivity index (χ0) is 21.4. The van der Waals surface area contributed by atoms with Crippen LogP contribution in [0, 0.1) is 12.7 Å². The van der Waals surface area contributed by atoms with Crippen LogP contribution in [0.5, 0.6) is 5.88 Å². The molecule has 3 aromatic rings. The minimum atomic E-state index is -3.99. The Morgan fingerprint density at radius 2 is 1.62 bits per heavy atom. The fraction of sp³-hybridized carbons (Fsp3) is 0.238. The largest absolute Gasteiger partial charge is 0.403 e. The number of halogens is 1. The summed E-state index contributed by atoms with van der Waals surface area (Å²) in [4.78, 5) is 12.5. The van der Waals surface area contributed by atoms with Gasteiger partial charge in [-0.1, -0.05) is 18.2 Å². The fourth-order valence-corrected chi connectivity index (χ4v) is 4.33. The normalized spacial score (nSPS) is 12.0. The second-order valence-electron chi connectivity index (χ2n) is 7.52. The average Bonchev–Trinajstić information content (AvgIpc) is 3.00. The molecule has 29 heavy (non-hydrogen) atoms. The van der Waals surface area contributed by atoms with E-state index in [-0.39, 0.29) is 26.9 Å². The monoisotopic (exact) mass is 416 g/mol. The van der Waals surface area contributed by atoms with Crippen LogP contribution in [0.2, 0.25) is 0 Å². The van der Waals surface area contributed by atoms with Crippen molar-refractivity contribution >= 4 is 15.8 Å². The van der Waals surface area contributed by atoms with E-state index in [0.29, 0.717) is 0 Å². The first-order valence-electron chi connectivity index (χ1n) is 8.90. The van der Waals surface area contributed by atoms with E-state index in [1.54, 1.807) is 25.1 Å². The van der Waals surface area contributed by atoms with Crippen molar-refractivity contribution in [2.75, 3.05) is 0 Å². The predicted molar refractivity (Wildman–Crippen MR) is 105 cm³/mol. The molecule has 0 saturated carbocycles. The van der Waals surface area contributed by atoms with Crippen molar-refractivity contribution in [3.63, 3.8) is 0 Å². The predicted octanol–water partition coefficient (Wildman–Crippen LogP) is 4.14. The van der Waals surface area contributed by atoms with E-state index in [2.05, 4.69) is 5.10 Å². The number of hydrogen-bond donors (Lipinski definition) is 0. The minimum Gasteiger partial charge on any atom is -0.403 e. The quantitative estimate of drug-likeness (QED) is 0.598. The van der Waals surface area contributed by atoms with Crippen molar-refractivity contribution in [1.29, 1.82) is 0 Å². The van der Waals surface area contributed by atoms with Gasteiger partial charge in [0.25, 0.3) is 0 Å². The number of esters is 1. The number of ether oxygens (including phenoxy) is 1. The molecule has 8 heteroatoms. The maximum atomic E-state index is 13.3. The molecule has 3 rings (SSSR count). The molecule has 0 radical (unpaired) electrons. The summed E-state index contributed by atoms with van der Waals surface area (Å²) in [5.74, 6) is -1.47.